The van der Waals surface area contributed by atoms with Crippen molar-refractivity contribution in [2.75, 3.05) is 33.2 Å². The Morgan fingerprint density at radius 3 is 2.64 bits per heavy atom. The van der Waals surface area contributed by atoms with Crippen LogP contribution in [-0.4, -0.2) is 93.2 Å². The summed E-state index contributed by atoms with van der Waals surface area (Å²) >= 11 is 6.69. The summed E-state index contributed by atoms with van der Waals surface area (Å²) in [5.41, 5.74) is -0.646. The molecular formula is C32H44ClN3O9. The van der Waals surface area contributed by atoms with Crippen LogP contribution in [0, 0.1) is 5.92 Å². The molecule has 0 saturated carbocycles. The SMILES string of the molecule is CN[C@H](C)C(=O)OC1CC(=O)N(C)c2cc(cc(OC)c2Cl)CC(C)=CC=CC(OC)C2(O)CC(OC(=O)N2)C(C)C2OC12C. The van der Waals surface area contributed by atoms with Crippen molar-refractivity contribution in [2.45, 2.75) is 88.7 Å². The lowest BCUT2D eigenvalue weighted by Gasteiger charge is -2.42. The number of nitrogens with one attached hydrogen (secondary N) is 2. The first-order valence-electron chi connectivity index (χ1n) is 14.9. The number of amides is 2. The largest absolute Gasteiger partial charge is 0.495 e. The molecule has 2 fully saturated rings. The molecule has 0 aliphatic carbocycles. The van der Waals surface area contributed by atoms with Gasteiger partial charge in [0.25, 0.3) is 0 Å². The van der Waals surface area contributed by atoms with Crippen LogP contribution in [0.25, 0.3) is 0 Å². The molecule has 1 aromatic carbocycles. The molecule has 248 valence electrons. The van der Waals surface area contributed by atoms with Gasteiger partial charge in [-0.1, -0.05) is 42.3 Å². The van der Waals surface area contributed by atoms with Crippen LogP contribution in [0.5, 0.6) is 5.75 Å². The van der Waals surface area contributed by atoms with Crippen molar-refractivity contribution < 1.29 is 43.2 Å². The van der Waals surface area contributed by atoms with Crippen molar-refractivity contribution in [3.8, 4) is 5.75 Å². The van der Waals surface area contributed by atoms with E-state index in [0.29, 0.717) is 17.9 Å². The van der Waals surface area contributed by atoms with Gasteiger partial charge >= 0.3 is 12.1 Å². The number of aliphatic hydroxyl groups is 1. The number of methoxy groups -OCH3 is 2. The Bertz CT molecular complexity index is 1370. The number of benzene rings is 1. The van der Waals surface area contributed by atoms with Gasteiger partial charge in [-0.2, -0.15) is 0 Å². The highest BCUT2D eigenvalue weighted by Crippen LogP contribution is 2.49. The lowest BCUT2D eigenvalue weighted by atomic mass is 9.83. The predicted octanol–water partition coefficient (Wildman–Crippen LogP) is 3.28. The average Bonchev–Trinajstić information content (AvgIpc) is 3.69. The van der Waals surface area contributed by atoms with E-state index in [9.17, 15) is 19.5 Å². The summed E-state index contributed by atoms with van der Waals surface area (Å²) in [5.74, 6) is -0.974. The lowest BCUT2D eigenvalue weighted by molar-refractivity contribution is -0.155. The third-order valence-corrected chi connectivity index (χ3v) is 9.38. The summed E-state index contributed by atoms with van der Waals surface area (Å²) in [7, 11) is 6.18. The number of likely N-dealkylation sites (N-methyl/N-ethyl adjacent to an activating group) is 1. The summed E-state index contributed by atoms with van der Waals surface area (Å²) in [5, 5.41) is 17.2. The molecule has 3 N–H and O–H groups in total. The van der Waals surface area contributed by atoms with Crippen molar-refractivity contribution in [3.05, 3.63) is 46.5 Å². The van der Waals surface area contributed by atoms with Gasteiger partial charge < -0.3 is 39.0 Å². The summed E-state index contributed by atoms with van der Waals surface area (Å²) in [6.45, 7) is 7.17. The molecular weight excluding hydrogens is 606 g/mol. The number of esters is 1. The van der Waals surface area contributed by atoms with Gasteiger partial charge in [0.1, 0.15) is 40.7 Å². The molecule has 3 aliphatic rings. The number of allylic oxidation sites excluding steroid dienone is 3. The Balaban J connectivity index is 1.80. The van der Waals surface area contributed by atoms with E-state index >= 15 is 0 Å². The van der Waals surface area contributed by atoms with Gasteiger partial charge in [-0.3, -0.25) is 14.9 Å². The van der Waals surface area contributed by atoms with Crippen LogP contribution in [0.4, 0.5) is 10.5 Å². The normalized spacial score (nSPS) is 32.9. The fraction of sp³-hybridized carbons (Fsp3) is 0.594. The third kappa shape index (κ3) is 7.30. The molecule has 45 heavy (non-hydrogen) atoms. The van der Waals surface area contributed by atoms with Gasteiger partial charge in [0.05, 0.1) is 25.3 Å². The van der Waals surface area contributed by atoms with Crippen LogP contribution in [0.2, 0.25) is 5.02 Å². The first kappa shape index (κ1) is 34.7. The van der Waals surface area contributed by atoms with Crippen LogP contribution >= 0.6 is 11.6 Å². The minimum Gasteiger partial charge on any atom is -0.495 e. The fourth-order valence-corrected chi connectivity index (χ4v) is 6.28. The molecule has 0 radical (unpaired) electrons. The van der Waals surface area contributed by atoms with Crippen molar-refractivity contribution >= 4 is 35.3 Å². The standard InChI is InChI=1S/C32H44ClN3O9/c1-17-10-9-11-24(42-8)32(40)16-23(43-30(39)35-32)18(2)28-31(4,45-28)25(44-29(38)19(3)34-5)15-26(37)36(6)21-13-20(12-17)14-22(41-7)27(21)33/h9-11,13-14,18-19,23-25,28,34,40H,12,15-16H2,1-8H3,(H,35,39)/t18?,19-,23?,24?,25?,28?,31?,32?/m1/s1. The molecule has 1 aromatic rings. The Morgan fingerprint density at radius 2 is 2.00 bits per heavy atom. The second-order valence-corrected chi connectivity index (χ2v) is 12.6. The monoisotopic (exact) mass is 649 g/mol. The number of hydrogen-bond donors (Lipinski definition) is 3. The number of hydrogen-bond acceptors (Lipinski definition) is 10. The van der Waals surface area contributed by atoms with E-state index < -0.39 is 59.8 Å². The Kier molecular flexibility index (Phi) is 10.6. The van der Waals surface area contributed by atoms with E-state index in [1.807, 2.05) is 26.0 Å². The second kappa shape index (κ2) is 13.7. The van der Waals surface area contributed by atoms with Crippen LogP contribution in [-0.2, 0) is 35.0 Å². The molecule has 3 aliphatic heterocycles. The van der Waals surface area contributed by atoms with Crippen molar-refractivity contribution in [1.82, 2.24) is 10.6 Å². The summed E-state index contributed by atoms with van der Waals surface area (Å²) in [6.07, 6.45) is 1.52. The second-order valence-electron chi connectivity index (χ2n) is 12.2. The number of ether oxygens (including phenoxy) is 5. The van der Waals surface area contributed by atoms with Gasteiger partial charge in [-0.05, 0) is 51.9 Å². The average molecular weight is 650 g/mol. The first-order chi connectivity index (χ1) is 21.2. The Hall–Kier alpha value is -3.16. The molecule has 2 amide bonds. The number of carbonyl (C=O) groups excluding carboxylic acids is 3. The maximum atomic E-state index is 13.8. The van der Waals surface area contributed by atoms with Crippen molar-refractivity contribution in [2.24, 2.45) is 5.92 Å². The van der Waals surface area contributed by atoms with Gasteiger partial charge in [0, 0.05) is 26.5 Å². The smallest absolute Gasteiger partial charge is 0.409 e. The zero-order chi connectivity index (χ0) is 33.3. The predicted molar refractivity (Wildman–Crippen MR) is 167 cm³/mol. The van der Waals surface area contributed by atoms with E-state index in [-0.39, 0.29) is 23.8 Å². The fourth-order valence-electron chi connectivity index (χ4n) is 5.97. The quantitative estimate of drug-likeness (QED) is 0.321. The number of anilines is 1. The molecule has 0 aromatic heterocycles. The van der Waals surface area contributed by atoms with Crippen LogP contribution in [0.3, 0.4) is 0 Å². The molecule has 0 spiro atoms. The van der Waals surface area contributed by atoms with Crippen LogP contribution in [0.1, 0.15) is 46.1 Å². The molecule has 4 rings (SSSR count). The van der Waals surface area contributed by atoms with E-state index in [1.54, 1.807) is 46.2 Å². The van der Waals surface area contributed by atoms with E-state index in [4.69, 9.17) is 35.3 Å². The summed E-state index contributed by atoms with van der Waals surface area (Å²) < 4.78 is 28.8. The molecule has 3 heterocycles. The topological polar surface area (TPSA) is 148 Å². The Morgan fingerprint density at radius 1 is 1.29 bits per heavy atom. The zero-order valence-electron chi connectivity index (χ0n) is 27.0. The number of fused-ring (bicyclic) bond motifs is 5. The van der Waals surface area contributed by atoms with Crippen molar-refractivity contribution in [1.29, 1.82) is 0 Å². The highest BCUT2D eigenvalue weighted by molar-refractivity contribution is 6.35. The number of alkyl carbamates (subject to hydrolysis) is 1. The van der Waals surface area contributed by atoms with Crippen LogP contribution in [0.15, 0.2) is 35.9 Å². The number of nitrogens with zero attached hydrogens (tertiary/aromatic N) is 1. The summed E-state index contributed by atoms with van der Waals surface area (Å²) in [4.78, 5) is 40.9. The van der Waals surface area contributed by atoms with Gasteiger partial charge in [-0.15, -0.1) is 0 Å². The lowest BCUT2D eigenvalue weighted by Crippen LogP contribution is -2.63. The number of carbonyl (C=O) groups is 3. The first-order valence-corrected chi connectivity index (χ1v) is 15.3. The minimum absolute atomic E-state index is 0.00553. The number of epoxide rings is 1. The minimum atomic E-state index is -1.78. The number of rotatable bonds is 5. The summed E-state index contributed by atoms with van der Waals surface area (Å²) in [6, 6.07) is 2.99. The van der Waals surface area contributed by atoms with E-state index in [2.05, 4.69) is 10.6 Å². The van der Waals surface area contributed by atoms with E-state index in [0.717, 1.165) is 11.1 Å². The van der Waals surface area contributed by atoms with E-state index in [1.165, 1.54) is 19.1 Å². The molecule has 4 bridgehead atoms. The Labute approximate surface area is 269 Å². The van der Waals surface area contributed by atoms with Crippen LogP contribution < -0.4 is 20.3 Å². The highest BCUT2D eigenvalue weighted by atomic mass is 35.5. The van der Waals surface area contributed by atoms with Crippen molar-refractivity contribution in [3.63, 3.8) is 0 Å². The maximum Gasteiger partial charge on any atom is 0.409 e. The van der Waals surface area contributed by atoms with Gasteiger partial charge in [0.2, 0.25) is 5.91 Å². The molecule has 13 heteroatoms. The van der Waals surface area contributed by atoms with Gasteiger partial charge in [0.15, 0.2) is 5.72 Å². The zero-order valence-corrected chi connectivity index (χ0v) is 27.8. The number of halogens is 1. The van der Waals surface area contributed by atoms with Gasteiger partial charge in [-0.25, -0.2) is 4.79 Å². The third-order valence-electron chi connectivity index (χ3n) is 9.00. The molecule has 8 atom stereocenters. The molecule has 12 nitrogen and oxygen atoms in total. The maximum absolute atomic E-state index is 13.8. The molecule has 7 unspecified atom stereocenters. The molecule has 2 saturated heterocycles. The highest BCUT2D eigenvalue weighted by Gasteiger charge is 2.64.